The van der Waals surface area contributed by atoms with Gasteiger partial charge in [-0.25, -0.2) is 9.48 Å². The average Bonchev–Trinajstić information content (AvgIpc) is 2.40. The topological polar surface area (TPSA) is 74.1 Å². The molecular weight excluding hydrogens is 246 g/mol. The van der Waals surface area contributed by atoms with Crippen molar-refractivity contribution in [3.8, 4) is 17.0 Å². The predicted molar refractivity (Wildman–Crippen MR) is 69.0 cm³/mol. The minimum Gasteiger partial charge on any atom is -0.496 e. The Bertz CT molecular complexity index is 664. The average molecular weight is 259 g/mol. The number of hydrogen-bond donors (Lipinski definition) is 0. The number of carbonyl (C=O) groups is 1. The number of hydrogen-bond acceptors (Lipinski definition) is 5. The molecule has 0 amide bonds. The van der Waals surface area contributed by atoms with Gasteiger partial charge in [-0.2, -0.15) is 10.1 Å². The highest BCUT2D eigenvalue weighted by atomic mass is 16.5. The van der Waals surface area contributed by atoms with Crippen molar-refractivity contribution in [2.45, 2.75) is 13.5 Å². The summed E-state index contributed by atoms with van der Waals surface area (Å²) in [6.07, 6.45) is 1.45. The third kappa shape index (κ3) is 2.85. The van der Waals surface area contributed by atoms with E-state index >= 15 is 0 Å². The Labute approximate surface area is 109 Å². The van der Waals surface area contributed by atoms with Gasteiger partial charge in [-0.3, -0.25) is 4.79 Å². The van der Waals surface area contributed by atoms with Crippen LogP contribution in [0.3, 0.4) is 0 Å². The van der Waals surface area contributed by atoms with Gasteiger partial charge in [0.2, 0.25) is 0 Å². The van der Waals surface area contributed by atoms with Crippen LogP contribution in [0.4, 0.5) is 0 Å². The molecule has 2 aromatic rings. The predicted octanol–water partition coefficient (Wildman–Crippen LogP) is 0.903. The van der Waals surface area contributed by atoms with Crippen LogP contribution in [0.5, 0.6) is 5.75 Å². The molecule has 1 aromatic heterocycles. The molecule has 6 nitrogen and oxygen atoms in total. The van der Waals surface area contributed by atoms with Crippen LogP contribution in [0.25, 0.3) is 11.3 Å². The molecule has 0 aliphatic carbocycles. The third-order valence-electron chi connectivity index (χ3n) is 2.51. The lowest BCUT2D eigenvalue weighted by Gasteiger charge is -2.07. The highest BCUT2D eigenvalue weighted by molar-refractivity contribution is 5.75. The van der Waals surface area contributed by atoms with E-state index in [2.05, 4.69) is 10.1 Å². The van der Waals surface area contributed by atoms with Crippen molar-refractivity contribution in [3.05, 3.63) is 40.9 Å². The summed E-state index contributed by atoms with van der Waals surface area (Å²) in [5.41, 5.74) is 0.547. The Kier molecular flexibility index (Phi) is 3.70. The van der Waals surface area contributed by atoms with Crippen LogP contribution in [0, 0.1) is 0 Å². The highest BCUT2D eigenvalue weighted by Gasteiger charge is 2.09. The molecule has 0 spiro atoms. The Morgan fingerprint density at radius 2 is 2.11 bits per heavy atom. The molecule has 0 bridgehead atoms. The number of nitrogens with zero attached hydrogens (tertiary/aromatic N) is 3. The van der Waals surface area contributed by atoms with Gasteiger partial charge in [0.25, 0.3) is 0 Å². The van der Waals surface area contributed by atoms with Crippen LogP contribution < -0.4 is 10.4 Å². The monoisotopic (exact) mass is 259 g/mol. The molecule has 0 aliphatic heterocycles. The van der Waals surface area contributed by atoms with Crippen molar-refractivity contribution in [1.82, 2.24) is 14.8 Å². The molecule has 2 rings (SSSR count). The Balaban J connectivity index is 2.45. The van der Waals surface area contributed by atoms with Crippen LogP contribution in [0.2, 0.25) is 0 Å². The molecule has 0 saturated carbocycles. The first-order valence-electron chi connectivity index (χ1n) is 5.69. The minimum atomic E-state index is -0.557. The van der Waals surface area contributed by atoms with E-state index in [4.69, 9.17) is 4.74 Å². The molecule has 1 heterocycles. The van der Waals surface area contributed by atoms with Gasteiger partial charge in [0.15, 0.2) is 5.78 Å². The summed E-state index contributed by atoms with van der Waals surface area (Å²) >= 11 is 0. The molecule has 0 atom stereocenters. The lowest BCUT2D eigenvalue weighted by atomic mass is 10.1. The van der Waals surface area contributed by atoms with E-state index in [9.17, 15) is 9.59 Å². The molecule has 0 N–H and O–H groups in total. The maximum atomic E-state index is 11.7. The number of ether oxygens (including phenoxy) is 1. The van der Waals surface area contributed by atoms with Crippen molar-refractivity contribution >= 4 is 5.78 Å². The fraction of sp³-hybridized carbons (Fsp3) is 0.231. The lowest BCUT2D eigenvalue weighted by Crippen LogP contribution is -2.28. The molecule has 0 saturated heterocycles. The van der Waals surface area contributed by atoms with Crippen molar-refractivity contribution in [2.24, 2.45) is 0 Å². The second-order valence-corrected chi connectivity index (χ2v) is 3.98. The summed E-state index contributed by atoms with van der Waals surface area (Å²) < 4.78 is 6.23. The van der Waals surface area contributed by atoms with E-state index in [1.807, 2.05) is 12.1 Å². The van der Waals surface area contributed by atoms with E-state index in [0.29, 0.717) is 17.0 Å². The fourth-order valence-corrected chi connectivity index (χ4v) is 1.67. The Morgan fingerprint density at radius 1 is 1.37 bits per heavy atom. The molecular formula is C13H13N3O3. The van der Waals surface area contributed by atoms with Crippen molar-refractivity contribution in [2.75, 3.05) is 7.11 Å². The van der Waals surface area contributed by atoms with Crippen LogP contribution in [0.1, 0.15) is 6.92 Å². The highest BCUT2D eigenvalue weighted by Crippen LogP contribution is 2.26. The van der Waals surface area contributed by atoms with Gasteiger partial charge in [0, 0.05) is 5.56 Å². The van der Waals surface area contributed by atoms with E-state index in [0.717, 1.165) is 4.68 Å². The minimum absolute atomic E-state index is 0.0714. The van der Waals surface area contributed by atoms with Crippen molar-refractivity contribution < 1.29 is 9.53 Å². The summed E-state index contributed by atoms with van der Waals surface area (Å²) in [5.74, 6) is 0.460. The van der Waals surface area contributed by atoms with Gasteiger partial charge in [-0.1, -0.05) is 12.1 Å². The molecule has 6 heteroatoms. The molecule has 0 aliphatic rings. The van der Waals surface area contributed by atoms with Gasteiger partial charge in [-0.05, 0) is 19.1 Å². The number of aromatic nitrogens is 3. The third-order valence-corrected chi connectivity index (χ3v) is 2.51. The van der Waals surface area contributed by atoms with Crippen molar-refractivity contribution in [3.63, 3.8) is 0 Å². The quantitative estimate of drug-likeness (QED) is 0.815. The number of rotatable bonds is 4. The van der Waals surface area contributed by atoms with Gasteiger partial charge in [0.05, 0.1) is 19.0 Å². The molecule has 98 valence electrons. The maximum Gasteiger partial charge on any atom is 0.364 e. The Morgan fingerprint density at radius 3 is 2.74 bits per heavy atom. The van der Waals surface area contributed by atoms with Gasteiger partial charge < -0.3 is 4.74 Å². The van der Waals surface area contributed by atoms with Gasteiger partial charge in [0.1, 0.15) is 12.3 Å². The van der Waals surface area contributed by atoms with E-state index in [1.165, 1.54) is 13.1 Å². The number of para-hydroxylation sites is 1. The zero-order valence-electron chi connectivity index (χ0n) is 10.7. The standard InChI is InChI=1S/C13H13N3O3/c1-9(17)8-16-13(18)15-11(7-14-16)10-5-3-4-6-12(10)19-2/h3-7H,8H2,1-2H3. The number of methoxy groups -OCH3 is 1. The molecule has 0 radical (unpaired) electrons. The first kappa shape index (κ1) is 12.9. The second kappa shape index (κ2) is 5.43. The summed E-state index contributed by atoms with van der Waals surface area (Å²) in [7, 11) is 1.54. The summed E-state index contributed by atoms with van der Waals surface area (Å²) in [6, 6.07) is 7.21. The summed E-state index contributed by atoms with van der Waals surface area (Å²) in [4.78, 5) is 26.6. The zero-order chi connectivity index (χ0) is 13.8. The first-order valence-corrected chi connectivity index (χ1v) is 5.69. The molecule has 1 aromatic carbocycles. The molecule has 0 unspecified atom stereocenters. The zero-order valence-corrected chi connectivity index (χ0v) is 10.7. The SMILES string of the molecule is COc1ccccc1-c1cnn(CC(C)=O)c(=O)n1. The van der Waals surface area contributed by atoms with E-state index in [-0.39, 0.29) is 12.3 Å². The smallest absolute Gasteiger partial charge is 0.364 e. The summed E-state index contributed by atoms with van der Waals surface area (Å²) in [6.45, 7) is 1.32. The van der Waals surface area contributed by atoms with Crippen LogP contribution in [-0.4, -0.2) is 27.7 Å². The van der Waals surface area contributed by atoms with Crippen molar-refractivity contribution in [1.29, 1.82) is 0 Å². The molecule has 19 heavy (non-hydrogen) atoms. The van der Waals surface area contributed by atoms with Gasteiger partial charge in [-0.15, -0.1) is 0 Å². The normalized spacial score (nSPS) is 10.2. The molecule has 0 fully saturated rings. The van der Waals surface area contributed by atoms with Gasteiger partial charge >= 0.3 is 5.69 Å². The first-order chi connectivity index (χ1) is 9.11. The maximum absolute atomic E-state index is 11.7. The number of Topliss-reactive ketones (excluding diaryl/α,β-unsaturated/α-hetero) is 1. The number of benzene rings is 1. The largest absolute Gasteiger partial charge is 0.496 e. The number of ketones is 1. The second-order valence-electron chi connectivity index (χ2n) is 3.98. The van der Waals surface area contributed by atoms with Crippen LogP contribution >= 0.6 is 0 Å². The van der Waals surface area contributed by atoms with Crippen LogP contribution in [-0.2, 0) is 11.3 Å². The Hall–Kier alpha value is -2.50. The van der Waals surface area contributed by atoms with E-state index in [1.54, 1.807) is 19.2 Å². The van der Waals surface area contributed by atoms with Crippen LogP contribution in [0.15, 0.2) is 35.3 Å². The van der Waals surface area contributed by atoms with E-state index < -0.39 is 5.69 Å². The lowest BCUT2D eigenvalue weighted by molar-refractivity contribution is -0.117. The summed E-state index contributed by atoms with van der Waals surface area (Å²) in [5, 5.41) is 3.94. The fourth-order valence-electron chi connectivity index (χ4n) is 1.67. The number of carbonyl (C=O) groups excluding carboxylic acids is 1.